The van der Waals surface area contributed by atoms with Crippen molar-refractivity contribution in [2.75, 3.05) is 0 Å². The van der Waals surface area contributed by atoms with E-state index in [1.165, 1.54) is 0 Å². The fraction of sp³-hybridized carbons (Fsp3) is 0. The number of hydrogen-bond donors (Lipinski definition) is 0. The summed E-state index contributed by atoms with van der Waals surface area (Å²) in [7, 11) is 0. The lowest BCUT2D eigenvalue weighted by molar-refractivity contribution is 1.47. The molecule has 0 saturated heterocycles. The van der Waals surface area contributed by atoms with Crippen LogP contribution in [0.2, 0.25) is 5.02 Å². The third-order valence-corrected chi connectivity index (χ3v) is 2.86. The van der Waals surface area contributed by atoms with Crippen LogP contribution in [-0.4, -0.2) is 0 Å². The molecule has 0 aliphatic carbocycles. The van der Waals surface area contributed by atoms with E-state index < -0.39 is 0 Å². The summed E-state index contributed by atoms with van der Waals surface area (Å²) in [4.78, 5) is 0. The van der Waals surface area contributed by atoms with Crippen LogP contribution in [0.4, 0.5) is 0 Å². The molecule has 0 spiro atoms. The number of halogens is 1. The van der Waals surface area contributed by atoms with Crippen molar-refractivity contribution in [1.82, 2.24) is 0 Å². The van der Waals surface area contributed by atoms with Gasteiger partial charge in [-0.05, 0) is 41.5 Å². The van der Waals surface area contributed by atoms with Gasteiger partial charge >= 0.3 is 0 Å². The highest BCUT2D eigenvalue weighted by molar-refractivity contribution is 6.30. The first-order chi connectivity index (χ1) is 9.22. The molecule has 2 rings (SSSR count). The number of nitriles is 2. The second-order valence-electron chi connectivity index (χ2n) is 3.91. The Bertz CT molecular complexity index is 701. The molecule has 0 saturated carbocycles. The van der Waals surface area contributed by atoms with Crippen LogP contribution in [0.15, 0.2) is 48.5 Å². The van der Waals surface area contributed by atoms with Crippen LogP contribution in [0.3, 0.4) is 0 Å². The molecule has 2 nitrogen and oxygen atoms in total. The molecule has 0 aliphatic heterocycles. The van der Waals surface area contributed by atoms with Crippen molar-refractivity contribution in [3.63, 3.8) is 0 Å². The molecule has 2 aromatic rings. The maximum absolute atomic E-state index is 9.23. The summed E-state index contributed by atoms with van der Waals surface area (Å²) in [6, 6.07) is 18.4. The van der Waals surface area contributed by atoms with Crippen LogP contribution in [0.25, 0.3) is 11.6 Å². The molecular weight excluding hydrogens is 256 g/mol. The SMILES string of the molecule is N#C/C(=C/c1ccc(Cl)cc1)c1cccc(C#N)c1. The molecule has 0 radical (unpaired) electrons. The van der Waals surface area contributed by atoms with Gasteiger partial charge in [0.1, 0.15) is 0 Å². The van der Waals surface area contributed by atoms with Gasteiger partial charge in [-0.25, -0.2) is 0 Å². The van der Waals surface area contributed by atoms with Gasteiger partial charge in [-0.15, -0.1) is 0 Å². The topological polar surface area (TPSA) is 47.6 Å². The Morgan fingerprint density at radius 3 is 2.42 bits per heavy atom. The van der Waals surface area contributed by atoms with Gasteiger partial charge in [-0.3, -0.25) is 0 Å². The van der Waals surface area contributed by atoms with Gasteiger partial charge in [0.05, 0.1) is 23.3 Å². The highest BCUT2D eigenvalue weighted by Crippen LogP contribution is 2.19. The smallest absolute Gasteiger partial charge is 0.0998 e. The van der Waals surface area contributed by atoms with Crippen molar-refractivity contribution in [3.05, 3.63) is 70.2 Å². The van der Waals surface area contributed by atoms with E-state index in [1.807, 2.05) is 18.2 Å². The average molecular weight is 265 g/mol. The van der Waals surface area contributed by atoms with Gasteiger partial charge in [0.15, 0.2) is 0 Å². The lowest BCUT2D eigenvalue weighted by Gasteiger charge is -2.00. The Hall–Kier alpha value is -2.55. The van der Waals surface area contributed by atoms with Gasteiger partial charge in [0, 0.05) is 5.02 Å². The normalized spacial score (nSPS) is 10.6. The number of allylic oxidation sites excluding steroid dienone is 1. The Labute approximate surface area is 116 Å². The Morgan fingerprint density at radius 1 is 1.05 bits per heavy atom. The first-order valence-electron chi connectivity index (χ1n) is 5.61. The number of rotatable bonds is 2. The highest BCUT2D eigenvalue weighted by atomic mass is 35.5. The van der Waals surface area contributed by atoms with E-state index in [-0.39, 0.29) is 0 Å². The Morgan fingerprint density at radius 2 is 1.79 bits per heavy atom. The molecule has 2 aromatic carbocycles. The summed E-state index contributed by atoms with van der Waals surface area (Å²) in [6.07, 6.45) is 1.77. The summed E-state index contributed by atoms with van der Waals surface area (Å²) in [5.74, 6) is 0. The molecule has 0 N–H and O–H groups in total. The third kappa shape index (κ3) is 3.22. The van der Waals surface area contributed by atoms with E-state index in [4.69, 9.17) is 16.9 Å². The zero-order valence-electron chi connectivity index (χ0n) is 9.97. The average Bonchev–Trinajstić information content (AvgIpc) is 2.46. The van der Waals surface area contributed by atoms with Crippen molar-refractivity contribution in [2.24, 2.45) is 0 Å². The first kappa shape index (κ1) is 12.9. The predicted octanol–water partition coefficient (Wildman–Crippen LogP) is 4.28. The van der Waals surface area contributed by atoms with E-state index in [9.17, 15) is 5.26 Å². The summed E-state index contributed by atoms with van der Waals surface area (Å²) in [6.45, 7) is 0. The van der Waals surface area contributed by atoms with Crippen molar-refractivity contribution < 1.29 is 0 Å². The minimum Gasteiger partial charge on any atom is -0.192 e. The van der Waals surface area contributed by atoms with Crippen LogP contribution in [0.5, 0.6) is 0 Å². The van der Waals surface area contributed by atoms with Gasteiger partial charge < -0.3 is 0 Å². The maximum atomic E-state index is 9.23. The van der Waals surface area contributed by atoms with Crippen LogP contribution < -0.4 is 0 Å². The number of benzene rings is 2. The molecule has 3 heteroatoms. The van der Waals surface area contributed by atoms with Crippen molar-refractivity contribution in [3.8, 4) is 12.1 Å². The second-order valence-corrected chi connectivity index (χ2v) is 4.35. The van der Waals surface area contributed by atoms with Crippen LogP contribution in [-0.2, 0) is 0 Å². The lowest BCUT2D eigenvalue weighted by atomic mass is 10.0. The number of nitrogens with zero attached hydrogens (tertiary/aromatic N) is 2. The largest absolute Gasteiger partial charge is 0.192 e. The maximum Gasteiger partial charge on any atom is 0.0998 e. The minimum absolute atomic E-state index is 0.513. The van der Waals surface area contributed by atoms with E-state index in [0.29, 0.717) is 16.2 Å². The van der Waals surface area contributed by atoms with Gasteiger partial charge in [-0.2, -0.15) is 10.5 Å². The summed E-state index contributed by atoms with van der Waals surface area (Å²) in [5.41, 5.74) is 2.67. The van der Waals surface area contributed by atoms with Crippen LogP contribution in [0, 0.1) is 22.7 Å². The highest BCUT2D eigenvalue weighted by Gasteiger charge is 2.02. The van der Waals surface area contributed by atoms with Crippen LogP contribution in [0.1, 0.15) is 16.7 Å². The molecule has 0 unspecified atom stereocenters. The predicted molar refractivity (Wildman–Crippen MR) is 76.1 cm³/mol. The zero-order valence-corrected chi connectivity index (χ0v) is 10.7. The molecule has 0 heterocycles. The molecule has 0 atom stereocenters. The van der Waals surface area contributed by atoms with Gasteiger partial charge in [-0.1, -0.05) is 35.9 Å². The van der Waals surface area contributed by atoms with E-state index in [2.05, 4.69) is 12.1 Å². The molecule has 0 aliphatic rings. The van der Waals surface area contributed by atoms with Crippen molar-refractivity contribution in [2.45, 2.75) is 0 Å². The molecule has 0 aromatic heterocycles. The lowest BCUT2D eigenvalue weighted by Crippen LogP contribution is -1.84. The van der Waals surface area contributed by atoms with E-state index >= 15 is 0 Å². The molecule has 90 valence electrons. The quantitative estimate of drug-likeness (QED) is 0.600. The fourth-order valence-electron chi connectivity index (χ4n) is 1.66. The fourth-order valence-corrected chi connectivity index (χ4v) is 1.79. The summed E-state index contributed by atoms with van der Waals surface area (Å²) >= 11 is 5.82. The number of hydrogen-bond acceptors (Lipinski definition) is 2. The Balaban J connectivity index is 2.42. The standard InChI is InChI=1S/C16H9ClN2/c17-16-6-4-12(5-7-16)8-15(11-19)14-3-1-2-13(9-14)10-18/h1-9H/b15-8-. The third-order valence-electron chi connectivity index (χ3n) is 2.60. The van der Waals surface area contributed by atoms with Crippen molar-refractivity contribution >= 4 is 23.3 Å². The van der Waals surface area contributed by atoms with E-state index in [0.717, 1.165) is 11.1 Å². The van der Waals surface area contributed by atoms with Gasteiger partial charge in [0.25, 0.3) is 0 Å². The molecule has 19 heavy (non-hydrogen) atoms. The summed E-state index contributed by atoms with van der Waals surface area (Å²) in [5, 5.41) is 18.8. The zero-order chi connectivity index (χ0) is 13.7. The van der Waals surface area contributed by atoms with E-state index in [1.54, 1.807) is 36.4 Å². The van der Waals surface area contributed by atoms with Crippen molar-refractivity contribution in [1.29, 1.82) is 10.5 Å². The molecule has 0 fully saturated rings. The molecular formula is C16H9ClN2. The molecule has 0 bridgehead atoms. The first-order valence-corrected chi connectivity index (χ1v) is 5.98. The summed E-state index contributed by atoms with van der Waals surface area (Å²) < 4.78 is 0. The second kappa shape index (κ2) is 5.87. The van der Waals surface area contributed by atoms with Gasteiger partial charge in [0.2, 0.25) is 0 Å². The minimum atomic E-state index is 0.513. The van der Waals surface area contributed by atoms with Crippen LogP contribution >= 0.6 is 11.6 Å². The monoisotopic (exact) mass is 264 g/mol. The molecule has 0 amide bonds. The Kier molecular flexibility index (Phi) is 3.98.